The molecule has 0 aromatic carbocycles. The fraction of sp³-hybridized carbons (Fsp3) is 1.00. The second kappa shape index (κ2) is 6.33. The smallest absolute Gasteiger partial charge is 0.0590 e. The topological polar surface area (TPSA) is 38.5 Å². The van der Waals surface area contributed by atoms with Gasteiger partial charge in [0.05, 0.1) is 6.10 Å². The maximum atomic E-state index is 6.31. The molecule has 3 fully saturated rings. The molecule has 0 aromatic rings. The molecule has 3 heteroatoms. The first-order chi connectivity index (χ1) is 9.79. The lowest BCUT2D eigenvalue weighted by Crippen LogP contribution is -2.64. The maximum absolute atomic E-state index is 6.31. The Balaban J connectivity index is 1.79. The van der Waals surface area contributed by atoms with Gasteiger partial charge < -0.3 is 10.5 Å². The lowest BCUT2D eigenvalue weighted by Gasteiger charge is -2.56. The van der Waals surface area contributed by atoms with Crippen molar-refractivity contribution < 1.29 is 4.74 Å². The molecule has 0 amide bonds. The highest BCUT2D eigenvalue weighted by atomic mass is 16.5. The van der Waals surface area contributed by atoms with E-state index in [4.69, 9.17) is 10.5 Å². The molecule has 2 N–H and O–H groups in total. The van der Waals surface area contributed by atoms with Crippen molar-refractivity contribution in [3.8, 4) is 0 Å². The molecule has 2 heterocycles. The molecule has 3 nitrogen and oxygen atoms in total. The monoisotopic (exact) mass is 280 g/mol. The molecule has 0 spiro atoms. The van der Waals surface area contributed by atoms with Crippen LogP contribution < -0.4 is 5.73 Å². The number of fused-ring (bicyclic) bond motifs is 1. The van der Waals surface area contributed by atoms with Gasteiger partial charge in [0.1, 0.15) is 0 Å². The summed E-state index contributed by atoms with van der Waals surface area (Å²) in [5, 5.41) is 0. The number of nitrogens with zero attached hydrogens (tertiary/aromatic N) is 1. The summed E-state index contributed by atoms with van der Waals surface area (Å²) in [5.41, 5.74) is 6.55. The van der Waals surface area contributed by atoms with Crippen molar-refractivity contribution in [1.29, 1.82) is 0 Å². The molecule has 0 bridgehead atoms. The lowest BCUT2D eigenvalue weighted by atomic mass is 9.73. The molecule has 3 aliphatic rings. The normalized spacial score (nSPS) is 43.2. The first-order valence-corrected chi connectivity index (χ1v) is 8.87. The second-order valence-electron chi connectivity index (χ2n) is 7.23. The first kappa shape index (κ1) is 14.8. The number of ether oxygens (including phenoxy) is 1. The van der Waals surface area contributed by atoms with Crippen LogP contribution in [0.2, 0.25) is 0 Å². The van der Waals surface area contributed by atoms with E-state index < -0.39 is 0 Å². The summed E-state index contributed by atoms with van der Waals surface area (Å²) in [4.78, 5) is 2.85. The average Bonchev–Trinajstić information content (AvgIpc) is 2.54. The third-order valence-corrected chi connectivity index (χ3v) is 6.22. The van der Waals surface area contributed by atoms with Gasteiger partial charge in [0.2, 0.25) is 0 Å². The molecule has 3 rings (SSSR count). The van der Waals surface area contributed by atoms with Crippen LogP contribution in [0.25, 0.3) is 0 Å². The quantitative estimate of drug-likeness (QED) is 0.864. The Morgan fingerprint density at radius 2 is 2.00 bits per heavy atom. The lowest BCUT2D eigenvalue weighted by molar-refractivity contribution is -0.107. The van der Waals surface area contributed by atoms with Crippen molar-refractivity contribution in [2.45, 2.75) is 82.4 Å². The van der Waals surface area contributed by atoms with E-state index in [9.17, 15) is 0 Å². The van der Waals surface area contributed by atoms with Gasteiger partial charge in [-0.15, -0.1) is 0 Å². The van der Waals surface area contributed by atoms with Crippen LogP contribution in [0.3, 0.4) is 0 Å². The van der Waals surface area contributed by atoms with Gasteiger partial charge in [-0.3, -0.25) is 4.90 Å². The third kappa shape index (κ3) is 2.65. The molecule has 20 heavy (non-hydrogen) atoms. The zero-order chi connectivity index (χ0) is 14.0. The van der Waals surface area contributed by atoms with Gasteiger partial charge in [0.25, 0.3) is 0 Å². The second-order valence-corrected chi connectivity index (χ2v) is 7.23. The number of hydrogen-bond acceptors (Lipinski definition) is 3. The molecule has 0 aromatic heterocycles. The minimum Gasteiger partial charge on any atom is -0.378 e. The van der Waals surface area contributed by atoms with Crippen LogP contribution >= 0.6 is 0 Å². The summed E-state index contributed by atoms with van der Waals surface area (Å²) >= 11 is 0. The zero-order valence-corrected chi connectivity index (χ0v) is 13.2. The summed E-state index contributed by atoms with van der Waals surface area (Å²) in [6.45, 7) is 5.24. The van der Waals surface area contributed by atoms with E-state index in [-0.39, 0.29) is 5.54 Å². The number of piperidine rings is 1. The summed E-state index contributed by atoms with van der Waals surface area (Å²) in [6, 6.07) is 0.816. The van der Waals surface area contributed by atoms with E-state index in [2.05, 4.69) is 11.8 Å². The Kier molecular flexibility index (Phi) is 4.68. The molecule has 1 saturated carbocycles. The van der Waals surface area contributed by atoms with E-state index in [0.717, 1.165) is 44.4 Å². The number of likely N-dealkylation sites (tertiary alicyclic amines) is 1. The Bertz CT molecular complexity index is 320. The molecule has 116 valence electrons. The first-order valence-electron chi connectivity index (χ1n) is 8.87. The highest BCUT2D eigenvalue weighted by molar-refractivity contribution is 5.02. The predicted octanol–water partition coefficient (Wildman–Crippen LogP) is 2.93. The van der Waals surface area contributed by atoms with E-state index >= 15 is 0 Å². The van der Waals surface area contributed by atoms with Crippen LogP contribution in [0, 0.1) is 5.92 Å². The largest absolute Gasteiger partial charge is 0.378 e. The predicted molar refractivity (Wildman–Crippen MR) is 82.7 cm³/mol. The summed E-state index contributed by atoms with van der Waals surface area (Å²) < 4.78 is 5.93. The van der Waals surface area contributed by atoms with Crippen molar-refractivity contribution in [1.82, 2.24) is 4.90 Å². The van der Waals surface area contributed by atoms with Crippen molar-refractivity contribution in [2.75, 3.05) is 19.7 Å². The molecule has 4 atom stereocenters. The Morgan fingerprint density at radius 1 is 1.20 bits per heavy atom. The Morgan fingerprint density at radius 3 is 2.80 bits per heavy atom. The van der Waals surface area contributed by atoms with Gasteiger partial charge in [-0.2, -0.15) is 0 Å². The fourth-order valence-electron chi connectivity index (χ4n) is 5.04. The molecule has 2 aliphatic heterocycles. The maximum Gasteiger partial charge on any atom is 0.0590 e. The molecule has 4 unspecified atom stereocenters. The van der Waals surface area contributed by atoms with Gasteiger partial charge in [0, 0.05) is 24.7 Å². The van der Waals surface area contributed by atoms with Crippen molar-refractivity contribution in [3.63, 3.8) is 0 Å². The Labute approximate surface area is 124 Å². The van der Waals surface area contributed by atoms with E-state index in [1.54, 1.807) is 0 Å². The standard InChI is InChI=1S/C17H32N2O/c1-2-15-12-17(13-18,9-11-20-15)19-10-5-7-14-6-3-4-8-16(14)19/h14-16H,2-13,18H2,1H3. The van der Waals surface area contributed by atoms with Gasteiger partial charge in [-0.1, -0.05) is 19.8 Å². The summed E-state index contributed by atoms with van der Waals surface area (Å²) in [6.07, 6.45) is 12.4. The average molecular weight is 280 g/mol. The fourth-order valence-corrected chi connectivity index (χ4v) is 5.04. The van der Waals surface area contributed by atoms with Crippen LogP contribution in [0.5, 0.6) is 0 Å². The van der Waals surface area contributed by atoms with Crippen molar-refractivity contribution >= 4 is 0 Å². The molecular weight excluding hydrogens is 248 g/mol. The van der Waals surface area contributed by atoms with Gasteiger partial charge in [-0.25, -0.2) is 0 Å². The minimum atomic E-state index is 0.236. The molecule has 1 aliphatic carbocycles. The van der Waals surface area contributed by atoms with Crippen LogP contribution in [-0.4, -0.2) is 42.3 Å². The molecular formula is C17H32N2O. The van der Waals surface area contributed by atoms with Gasteiger partial charge in [-0.05, 0) is 57.4 Å². The van der Waals surface area contributed by atoms with Crippen LogP contribution in [0.4, 0.5) is 0 Å². The van der Waals surface area contributed by atoms with Gasteiger partial charge >= 0.3 is 0 Å². The highest BCUT2D eigenvalue weighted by Crippen LogP contribution is 2.42. The SMILES string of the molecule is CCC1CC(CN)(N2CCCC3CCCCC32)CCO1. The Hall–Kier alpha value is -0.120. The third-order valence-electron chi connectivity index (χ3n) is 6.22. The zero-order valence-electron chi connectivity index (χ0n) is 13.2. The van der Waals surface area contributed by atoms with Crippen LogP contribution in [-0.2, 0) is 4.74 Å². The number of rotatable bonds is 3. The van der Waals surface area contributed by atoms with Gasteiger partial charge in [0.15, 0.2) is 0 Å². The summed E-state index contributed by atoms with van der Waals surface area (Å²) in [5.74, 6) is 0.948. The summed E-state index contributed by atoms with van der Waals surface area (Å²) in [7, 11) is 0. The molecule has 2 saturated heterocycles. The number of nitrogens with two attached hydrogens (primary N) is 1. The van der Waals surface area contributed by atoms with Crippen LogP contribution in [0.15, 0.2) is 0 Å². The van der Waals surface area contributed by atoms with Crippen molar-refractivity contribution in [2.24, 2.45) is 11.7 Å². The number of hydrogen-bond donors (Lipinski definition) is 1. The van der Waals surface area contributed by atoms with E-state index in [1.807, 2.05) is 0 Å². The van der Waals surface area contributed by atoms with Crippen molar-refractivity contribution in [3.05, 3.63) is 0 Å². The van der Waals surface area contributed by atoms with Crippen LogP contribution in [0.1, 0.15) is 64.7 Å². The van der Waals surface area contributed by atoms with E-state index in [0.29, 0.717) is 6.10 Å². The highest BCUT2D eigenvalue weighted by Gasteiger charge is 2.46. The minimum absolute atomic E-state index is 0.236. The molecule has 0 radical (unpaired) electrons. The van der Waals surface area contributed by atoms with E-state index in [1.165, 1.54) is 45.1 Å².